The molecule has 1 heterocycles. The molecule has 1 aromatic heterocycles. The fraction of sp³-hybridized carbons (Fsp3) is 0.312. The molecule has 0 amide bonds. The third-order valence-corrected chi connectivity index (χ3v) is 3.73. The number of ether oxygens (including phenoxy) is 1. The molecule has 0 saturated heterocycles. The summed E-state index contributed by atoms with van der Waals surface area (Å²) in [5.74, 6) is 1.06. The van der Waals surface area contributed by atoms with Gasteiger partial charge in [0.2, 0.25) is 0 Å². The highest BCUT2D eigenvalue weighted by Crippen LogP contribution is 2.38. The van der Waals surface area contributed by atoms with Crippen molar-refractivity contribution in [2.75, 3.05) is 7.11 Å². The fourth-order valence-corrected chi connectivity index (χ4v) is 2.73. The summed E-state index contributed by atoms with van der Waals surface area (Å²) in [5, 5.41) is 5.31. The van der Waals surface area contributed by atoms with Gasteiger partial charge in [-0.05, 0) is 24.6 Å². The van der Waals surface area contributed by atoms with Gasteiger partial charge >= 0.3 is 0 Å². The minimum absolute atomic E-state index is 0.221. The molecule has 0 aliphatic carbocycles. The number of hydrogen-bond donors (Lipinski definition) is 0. The zero-order valence-electron chi connectivity index (χ0n) is 12.2. The zero-order chi connectivity index (χ0) is 15.4. The summed E-state index contributed by atoms with van der Waals surface area (Å²) in [6.45, 7) is 4.12. The van der Waals surface area contributed by atoms with E-state index in [1.807, 2.05) is 12.1 Å². The van der Waals surface area contributed by atoms with Crippen molar-refractivity contribution in [2.45, 2.75) is 26.2 Å². The van der Waals surface area contributed by atoms with Crippen LogP contribution in [0.2, 0.25) is 10.0 Å². The second-order valence-electron chi connectivity index (χ2n) is 4.94. The SMILES string of the molecule is COC=CCc1c(-c2c(Cl)cccc2Cl)noc1C(C)C. The third-order valence-electron chi connectivity index (χ3n) is 3.10. The van der Waals surface area contributed by atoms with Crippen LogP contribution in [0.15, 0.2) is 35.1 Å². The second-order valence-corrected chi connectivity index (χ2v) is 5.75. The van der Waals surface area contributed by atoms with Gasteiger partial charge in [0, 0.05) is 17.0 Å². The average Bonchev–Trinajstić information content (AvgIpc) is 2.83. The van der Waals surface area contributed by atoms with E-state index in [0.29, 0.717) is 27.7 Å². The molecule has 5 heteroatoms. The van der Waals surface area contributed by atoms with Crippen LogP contribution >= 0.6 is 23.2 Å². The van der Waals surface area contributed by atoms with Crippen molar-refractivity contribution < 1.29 is 9.26 Å². The van der Waals surface area contributed by atoms with E-state index in [9.17, 15) is 0 Å². The fourth-order valence-electron chi connectivity index (χ4n) is 2.16. The van der Waals surface area contributed by atoms with Crippen LogP contribution in [-0.2, 0) is 11.2 Å². The number of aromatic nitrogens is 1. The summed E-state index contributed by atoms with van der Waals surface area (Å²) >= 11 is 12.6. The molecular weight excluding hydrogens is 309 g/mol. The average molecular weight is 326 g/mol. The van der Waals surface area contributed by atoms with Gasteiger partial charge in [0.15, 0.2) is 0 Å². The van der Waals surface area contributed by atoms with Gasteiger partial charge in [-0.15, -0.1) is 0 Å². The second kappa shape index (κ2) is 7.01. The first-order chi connectivity index (χ1) is 10.1. The zero-order valence-corrected chi connectivity index (χ0v) is 13.7. The van der Waals surface area contributed by atoms with Gasteiger partial charge < -0.3 is 9.26 Å². The lowest BCUT2D eigenvalue weighted by atomic mass is 9.98. The quantitative estimate of drug-likeness (QED) is 0.683. The topological polar surface area (TPSA) is 35.3 Å². The highest BCUT2D eigenvalue weighted by Gasteiger charge is 2.22. The van der Waals surface area contributed by atoms with Crippen molar-refractivity contribution in [3.8, 4) is 11.3 Å². The van der Waals surface area contributed by atoms with E-state index in [1.165, 1.54) is 0 Å². The van der Waals surface area contributed by atoms with Gasteiger partial charge in [-0.3, -0.25) is 0 Å². The number of hydrogen-bond acceptors (Lipinski definition) is 3. The summed E-state index contributed by atoms with van der Waals surface area (Å²) in [6, 6.07) is 5.39. The Bertz CT molecular complexity index is 627. The summed E-state index contributed by atoms with van der Waals surface area (Å²) in [6.07, 6.45) is 4.18. The molecule has 2 aromatic rings. The highest BCUT2D eigenvalue weighted by atomic mass is 35.5. The molecule has 0 saturated carbocycles. The molecule has 0 unspecified atom stereocenters. The van der Waals surface area contributed by atoms with Crippen molar-refractivity contribution in [3.05, 3.63) is 51.9 Å². The van der Waals surface area contributed by atoms with Crippen molar-refractivity contribution in [1.82, 2.24) is 5.16 Å². The van der Waals surface area contributed by atoms with Crippen LogP contribution in [0.3, 0.4) is 0 Å². The van der Waals surface area contributed by atoms with Gasteiger partial charge in [0.05, 0.1) is 23.4 Å². The van der Waals surface area contributed by atoms with E-state index in [-0.39, 0.29) is 5.92 Å². The predicted octanol–water partition coefficient (Wildman–Crippen LogP) is 5.47. The lowest BCUT2D eigenvalue weighted by Gasteiger charge is -2.07. The Kier molecular flexibility index (Phi) is 5.32. The van der Waals surface area contributed by atoms with Gasteiger partial charge in [0.25, 0.3) is 0 Å². The monoisotopic (exact) mass is 325 g/mol. The number of methoxy groups -OCH3 is 1. The van der Waals surface area contributed by atoms with E-state index in [4.69, 9.17) is 32.5 Å². The smallest absolute Gasteiger partial charge is 0.143 e. The first-order valence-electron chi connectivity index (χ1n) is 6.66. The molecule has 0 radical (unpaired) electrons. The minimum atomic E-state index is 0.221. The molecule has 0 aliphatic heterocycles. The molecule has 1 aromatic carbocycles. The number of allylic oxidation sites excluding steroid dienone is 1. The van der Waals surface area contributed by atoms with E-state index in [2.05, 4.69) is 19.0 Å². The Morgan fingerprint density at radius 3 is 2.52 bits per heavy atom. The van der Waals surface area contributed by atoms with Crippen LogP contribution in [-0.4, -0.2) is 12.3 Å². The molecule has 0 N–H and O–H groups in total. The van der Waals surface area contributed by atoms with Crippen LogP contribution < -0.4 is 0 Å². The summed E-state index contributed by atoms with van der Waals surface area (Å²) in [7, 11) is 1.61. The van der Waals surface area contributed by atoms with Crippen LogP contribution in [0.1, 0.15) is 31.1 Å². The van der Waals surface area contributed by atoms with Gasteiger partial charge in [-0.2, -0.15) is 0 Å². The Hall–Kier alpha value is -1.45. The van der Waals surface area contributed by atoms with Crippen LogP contribution in [0.25, 0.3) is 11.3 Å². The van der Waals surface area contributed by atoms with E-state index < -0.39 is 0 Å². The van der Waals surface area contributed by atoms with Crippen molar-refractivity contribution >= 4 is 23.2 Å². The number of halogens is 2. The Balaban J connectivity index is 2.55. The maximum atomic E-state index is 6.28. The lowest BCUT2D eigenvalue weighted by Crippen LogP contribution is -1.94. The lowest BCUT2D eigenvalue weighted by molar-refractivity contribution is 0.336. The molecular formula is C16H17Cl2NO2. The van der Waals surface area contributed by atoms with E-state index >= 15 is 0 Å². The van der Waals surface area contributed by atoms with Crippen molar-refractivity contribution in [3.63, 3.8) is 0 Å². The third kappa shape index (κ3) is 3.42. The molecule has 3 nitrogen and oxygen atoms in total. The molecule has 0 spiro atoms. The Morgan fingerprint density at radius 1 is 1.29 bits per heavy atom. The molecule has 0 bridgehead atoms. The maximum absolute atomic E-state index is 6.28. The van der Waals surface area contributed by atoms with Crippen LogP contribution in [0, 0.1) is 0 Å². The maximum Gasteiger partial charge on any atom is 0.143 e. The molecule has 0 aliphatic rings. The highest BCUT2D eigenvalue weighted by molar-refractivity contribution is 6.39. The van der Waals surface area contributed by atoms with Crippen LogP contribution in [0.4, 0.5) is 0 Å². The predicted molar refractivity (Wildman–Crippen MR) is 85.9 cm³/mol. The minimum Gasteiger partial charge on any atom is -0.505 e. The first-order valence-corrected chi connectivity index (χ1v) is 7.42. The molecule has 112 valence electrons. The largest absolute Gasteiger partial charge is 0.505 e. The summed E-state index contributed by atoms with van der Waals surface area (Å²) in [5.41, 5.74) is 2.38. The Labute approximate surface area is 134 Å². The van der Waals surface area contributed by atoms with Gasteiger partial charge in [0.1, 0.15) is 11.5 Å². The molecule has 0 fully saturated rings. The molecule has 0 atom stereocenters. The number of benzene rings is 1. The molecule has 21 heavy (non-hydrogen) atoms. The van der Waals surface area contributed by atoms with E-state index in [0.717, 1.165) is 11.3 Å². The summed E-state index contributed by atoms with van der Waals surface area (Å²) < 4.78 is 10.5. The standard InChI is InChI=1S/C16H17Cl2NO2/c1-10(2)16-11(6-5-9-20-3)15(19-21-16)14-12(17)7-4-8-13(14)18/h4-5,7-10H,6H2,1-3H3. The molecule has 2 rings (SSSR count). The first kappa shape index (κ1) is 15.9. The van der Waals surface area contributed by atoms with Crippen molar-refractivity contribution in [1.29, 1.82) is 0 Å². The summed E-state index contributed by atoms with van der Waals surface area (Å²) in [4.78, 5) is 0. The number of nitrogens with zero attached hydrogens (tertiary/aromatic N) is 1. The normalized spacial score (nSPS) is 11.5. The van der Waals surface area contributed by atoms with Crippen LogP contribution in [0.5, 0.6) is 0 Å². The van der Waals surface area contributed by atoms with Gasteiger partial charge in [-0.25, -0.2) is 0 Å². The Morgan fingerprint density at radius 2 is 1.95 bits per heavy atom. The number of rotatable bonds is 5. The van der Waals surface area contributed by atoms with E-state index in [1.54, 1.807) is 25.5 Å². The van der Waals surface area contributed by atoms with Gasteiger partial charge in [-0.1, -0.05) is 48.3 Å². The van der Waals surface area contributed by atoms with Crippen molar-refractivity contribution in [2.24, 2.45) is 0 Å².